The molecule has 1 aliphatic rings. The molecular formula is C14H24N2O4. The van der Waals surface area contributed by atoms with Crippen LogP contribution in [-0.4, -0.2) is 54.9 Å². The first-order valence-electron chi connectivity index (χ1n) is 6.89. The highest BCUT2D eigenvalue weighted by molar-refractivity contribution is 5.79. The van der Waals surface area contributed by atoms with Crippen LogP contribution in [0.2, 0.25) is 0 Å². The predicted octanol–water partition coefficient (Wildman–Crippen LogP) is 1.48. The number of urea groups is 1. The van der Waals surface area contributed by atoms with E-state index in [-0.39, 0.29) is 12.6 Å². The molecule has 1 saturated heterocycles. The molecule has 6 nitrogen and oxygen atoms in total. The molecule has 1 heterocycles. The van der Waals surface area contributed by atoms with Gasteiger partial charge in [-0.15, -0.1) is 0 Å². The third kappa shape index (κ3) is 4.23. The summed E-state index contributed by atoms with van der Waals surface area (Å²) in [7, 11) is 0. The SMILES string of the molecule is C=C(C)COCCNC(=O)N1CCC(CC)(C(=O)O)C1. The van der Waals surface area contributed by atoms with Gasteiger partial charge in [0.2, 0.25) is 0 Å². The summed E-state index contributed by atoms with van der Waals surface area (Å²) in [6.45, 7) is 9.51. The zero-order valence-corrected chi connectivity index (χ0v) is 12.3. The number of carbonyl (C=O) groups is 2. The number of carbonyl (C=O) groups excluding carboxylic acids is 1. The van der Waals surface area contributed by atoms with Crippen LogP contribution >= 0.6 is 0 Å². The fourth-order valence-corrected chi connectivity index (χ4v) is 2.25. The van der Waals surface area contributed by atoms with Gasteiger partial charge in [0, 0.05) is 19.6 Å². The zero-order valence-electron chi connectivity index (χ0n) is 12.3. The predicted molar refractivity (Wildman–Crippen MR) is 75.6 cm³/mol. The smallest absolute Gasteiger partial charge is 0.317 e. The summed E-state index contributed by atoms with van der Waals surface area (Å²) in [4.78, 5) is 24.8. The fourth-order valence-electron chi connectivity index (χ4n) is 2.25. The van der Waals surface area contributed by atoms with Crippen LogP contribution in [0.1, 0.15) is 26.7 Å². The summed E-state index contributed by atoms with van der Waals surface area (Å²) in [6, 6.07) is -0.222. The van der Waals surface area contributed by atoms with E-state index in [0.717, 1.165) is 5.57 Å². The van der Waals surface area contributed by atoms with Crippen LogP contribution in [0.15, 0.2) is 12.2 Å². The summed E-state index contributed by atoms with van der Waals surface area (Å²) < 4.78 is 5.28. The molecule has 0 bridgehead atoms. The number of ether oxygens (including phenoxy) is 1. The quantitative estimate of drug-likeness (QED) is 0.548. The molecule has 2 N–H and O–H groups in total. The lowest BCUT2D eigenvalue weighted by Gasteiger charge is -2.23. The Morgan fingerprint density at radius 2 is 2.20 bits per heavy atom. The van der Waals surface area contributed by atoms with Crippen LogP contribution in [0, 0.1) is 5.41 Å². The molecule has 0 aliphatic carbocycles. The normalized spacial score (nSPS) is 21.8. The van der Waals surface area contributed by atoms with E-state index in [4.69, 9.17) is 4.74 Å². The van der Waals surface area contributed by atoms with Crippen molar-refractivity contribution in [2.45, 2.75) is 26.7 Å². The van der Waals surface area contributed by atoms with Crippen molar-refractivity contribution in [3.05, 3.63) is 12.2 Å². The van der Waals surface area contributed by atoms with Crippen molar-refractivity contribution in [1.82, 2.24) is 10.2 Å². The second-order valence-electron chi connectivity index (χ2n) is 5.35. The van der Waals surface area contributed by atoms with Crippen LogP contribution in [0.4, 0.5) is 4.79 Å². The molecule has 1 rings (SSSR count). The molecule has 2 amide bonds. The number of hydrogen-bond acceptors (Lipinski definition) is 3. The monoisotopic (exact) mass is 284 g/mol. The molecule has 114 valence electrons. The minimum atomic E-state index is -0.819. The van der Waals surface area contributed by atoms with Gasteiger partial charge in [-0.1, -0.05) is 19.1 Å². The maximum atomic E-state index is 11.9. The number of carboxylic acid groups (broad SMARTS) is 1. The van der Waals surface area contributed by atoms with Crippen LogP contribution in [0.5, 0.6) is 0 Å². The van der Waals surface area contributed by atoms with Crippen molar-refractivity contribution in [2.75, 3.05) is 32.8 Å². The van der Waals surface area contributed by atoms with Gasteiger partial charge in [0.15, 0.2) is 0 Å². The lowest BCUT2D eigenvalue weighted by molar-refractivity contribution is -0.148. The molecule has 0 saturated carbocycles. The number of likely N-dealkylation sites (tertiary alicyclic amines) is 1. The van der Waals surface area contributed by atoms with Crippen LogP contribution < -0.4 is 5.32 Å². The third-order valence-corrected chi connectivity index (χ3v) is 3.64. The zero-order chi connectivity index (χ0) is 15.2. The third-order valence-electron chi connectivity index (χ3n) is 3.64. The molecule has 0 aromatic rings. The molecule has 1 atom stereocenters. The van der Waals surface area contributed by atoms with Crippen molar-refractivity contribution in [1.29, 1.82) is 0 Å². The Morgan fingerprint density at radius 1 is 1.50 bits per heavy atom. The first-order valence-corrected chi connectivity index (χ1v) is 6.89. The fraction of sp³-hybridized carbons (Fsp3) is 0.714. The van der Waals surface area contributed by atoms with Gasteiger partial charge in [-0.25, -0.2) is 4.79 Å². The van der Waals surface area contributed by atoms with Crippen LogP contribution in [0.3, 0.4) is 0 Å². The van der Waals surface area contributed by atoms with E-state index in [0.29, 0.717) is 39.1 Å². The molecule has 0 spiro atoms. The molecule has 0 radical (unpaired) electrons. The maximum absolute atomic E-state index is 11.9. The summed E-state index contributed by atoms with van der Waals surface area (Å²) >= 11 is 0. The number of aliphatic carboxylic acids is 1. The Balaban J connectivity index is 2.32. The number of carboxylic acids is 1. The van der Waals surface area contributed by atoms with Crippen LogP contribution in [-0.2, 0) is 9.53 Å². The van der Waals surface area contributed by atoms with Crippen molar-refractivity contribution < 1.29 is 19.4 Å². The molecule has 6 heteroatoms. The molecule has 1 fully saturated rings. The largest absolute Gasteiger partial charge is 0.481 e. The second kappa shape index (κ2) is 7.28. The van der Waals surface area contributed by atoms with Gasteiger partial charge in [0.25, 0.3) is 0 Å². The first-order chi connectivity index (χ1) is 9.41. The maximum Gasteiger partial charge on any atom is 0.317 e. The Kier molecular flexibility index (Phi) is 6.01. The topological polar surface area (TPSA) is 78.9 Å². The van der Waals surface area contributed by atoms with Gasteiger partial charge >= 0.3 is 12.0 Å². The van der Waals surface area contributed by atoms with Gasteiger partial charge < -0.3 is 20.1 Å². The lowest BCUT2D eigenvalue weighted by Crippen LogP contribution is -2.42. The summed E-state index contributed by atoms with van der Waals surface area (Å²) in [5.41, 5.74) is 0.151. The average molecular weight is 284 g/mol. The minimum Gasteiger partial charge on any atom is -0.481 e. The number of hydrogen-bond donors (Lipinski definition) is 2. The first kappa shape index (κ1) is 16.5. The van der Waals surface area contributed by atoms with E-state index < -0.39 is 11.4 Å². The van der Waals surface area contributed by atoms with Gasteiger partial charge in [-0.05, 0) is 19.8 Å². The molecular weight excluding hydrogens is 260 g/mol. The number of nitrogens with one attached hydrogen (secondary N) is 1. The van der Waals surface area contributed by atoms with Gasteiger partial charge in [-0.2, -0.15) is 0 Å². The van der Waals surface area contributed by atoms with Crippen molar-refractivity contribution in [3.8, 4) is 0 Å². The van der Waals surface area contributed by atoms with Crippen molar-refractivity contribution in [3.63, 3.8) is 0 Å². The highest BCUT2D eigenvalue weighted by Gasteiger charge is 2.44. The minimum absolute atomic E-state index is 0.222. The molecule has 0 aromatic carbocycles. The molecule has 1 unspecified atom stereocenters. The second-order valence-corrected chi connectivity index (χ2v) is 5.35. The Hall–Kier alpha value is -1.56. The van der Waals surface area contributed by atoms with Crippen LogP contribution in [0.25, 0.3) is 0 Å². The number of amides is 2. The van der Waals surface area contributed by atoms with Gasteiger partial charge in [0.1, 0.15) is 0 Å². The van der Waals surface area contributed by atoms with E-state index in [1.807, 2.05) is 13.8 Å². The lowest BCUT2D eigenvalue weighted by atomic mass is 9.84. The summed E-state index contributed by atoms with van der Waals surface area (Å²) in [5, 5.41) is 12.0. The Morgan fingerprint density at radius 3 is 2.70 bits per heavy atom. The standard InChI is InChI=1S/C14H24N2O4/c1-4-14(12(17)18)5-7-16(10-14)13(19)15-6-8-20-9-11(2)3/h2,4-10H2,1,3H3,(H,15,19)(H,17,18). The van der Waals surface area contributed by atoms with E-state index in [1.165, 1.54) is 0 Å². The van der Waals surface area contributed by atoms with Gasteiger partial charge in [0.05, 0.1) is 18.6 Å². The van der Waals surface area contributed by atoms with Gasteiger partial charge in [-0.3, -0.25) is 4.79 Å². The molecule has 1 aliphatic heterocycles. The summed E-state index contributed by atoms with van der Waals surface area (Å²) in [6.07, 6.45) is 1.05. The van der Waals surface area contributed by atoms with E-state index in [2.05, 4.69) is 11.9 Å². The number of nitrogens with zero attached hydrogens (tertiary/aromatic N) is 1. The van der Waals surface area contributed by atoms with Crippen molar-refractivity contribution >= 4 is 12.0 Å². The molecule has 0 aromatic heterocycles. The Labute approximate surface area is 119 Å². The van der Waals surface area contributed by atoms with E-state index in [1.54, 1.807) is 4.90 Å². The Bertz CT molecular complexity index is 383. The van der Waals surface area contributed by atoms with E-state index >= 15 is 0 Å². The highest BCUT2D eigenvalue weighted by atomic mass is 16.5. The van der Waals surface area contributed by atoms with Crippen molar-refractivity contribution in [2.24, 2.45) is 5.41 Å². The molecule has 20 heavy (non-hydrogen) atoms. The number of rotatable bonds is 7. The average Bonchev–Trinajstić information content (AvgIpc) is 2.83. The highest BCUT2D eigenvalue weighted by Crippen LogP contribution is 2.34. The van der Waals surface area contributed by atoms with E-state index in [9.17, 15) is 14.7 Å². The summed E-state index contributed by atoms with van der Waals surface area (Å²) in [5.74, 6) is -0.819.